The molecule has 3 amide bonds. The van der Waals surface area contributed by atoms with Crippen molar-refractivity contribution < 1.29 is 34.5 Å². The number of aromatic amines is 2. The van der Waals surface area contributed by atoms with Gasteiger partial charge in [0.05, 0.1) is 19.4 Å². The fourth-order valence-electron chi connectivity index (χ4n) is 3.93. The van der Waals surface area contributed by atoms with Crippen LogP contribution in [0.2, 0.25) is 0 Å². The van der Waals surface area contributed by atoms with E-state index < -0.39 is 60.6 Å². The summed E-state index contributed by atoms with van der Waals surface area (Å²) in [5.74, 6) is -4.66. The number of aromatic nitrogens is 5. The number of amides is 3. The maximum absolute atomic E-state index is 12.8. The second kappa shape index (κ2) is 12.2. The largest absolute Gasteiger partial charge is 0.480 e. The number of H-pyrrole nitrogens is 2. The number of anilines is 1. The number of nitrogen functional groups attached to an aromatic ring is 1. The van der Waals surface area contributed by atoms with Crippen LogP contribution in [0.15, 0.2) is 41.5 Å². The number of aliphatic hydroxyl groups excluding tert-OH is 2. The Labute approximate surface area is 229 Å². The highest BCUT2D eigenvalue weighted by Crippen LogP contribution is 2.19. The minimum Gasteiger partial charge on any atom is -0.480 e. The number of carboxylic acid groups (broad SMARTS) is 1. The Balaban J connectivity index is 1.41. The average Bonchev–Trinajstić information content (AvgIpc) is 3.36. The van der Waals surface area contributed by atoms with Crippen molar-refractivity contribution in [3.63, 3.8) is 0 Å². The van der Waals surface area contributed by atoms with Gasteiger partial charge in [0, 0.05) is 23.5 Å². The van der Waals surface area contributed by atoms with E-state index >= 15 is 0 Å². The number of carbonyl (C=O) groups excluding carboxylic acids is 3. The molecule has 41 heavy (non-hydrogen) atoms. The van der Waals surface area contributed by atoms with Gasteiger partial charge in [-0.2, -0.15) is 4.98 Å². The van der Waals surface area contributed by atoms with E-state index in [1.54, 1.807) is 30.5 Å². The highest BCUT2D eigenvalue weighted by atomic mass is 16.4. The van der Waals surface area contributed by atoms with E-state index in [2.05, 4.69) is 40.9 Å². The molecule has 0 unspecified atom stereocenters. The van der Waals surface area contributed by atoms with Crippen LogP contribution in [0.4, 0.5) is 5.95 Å². The van der Waals surface area contributed by atoms with E-state index in [4.69, 9.17) is 5.73 Å². The molecule has 3 heterocycles. The second-order valence-electron chi connectivity index (χ2n) is 8.79. The third-order valence-corrected chi connectivity index (χ3v) is 6.00. The molecule has 0 aliphatic heterocycles. The number of aliphatic hydroxyl groups is 2. The van der Waals surface area contributed by atoms with Gasteiger partial charge in [-0.25, -0.2) is 14.8 Å². The smallest absolute Gasteiger partial charge is 0.326 e. The van der Waals surface area contributed by atoms with E-state index in [1.165, 1.54) is 0 Å². The minimum atomic E-state index is -1.61. The second-order valence-corrected chi connectivity index (χ2v) is 8.79. The van der Waals surface area contributed by atoms with Gasteiger partial charge >= 0.3 is 5.97 Å². The first kappa shape index (κ1) is 28.6. The lowest BCUT2D eigenvalue weighted by Crippen LogP contribution is -2.58. The predicted octanol–water partition coefficient (Wildman–Crippen LogP) is -2.84. The zero-order chi connectivity index (χ0) is 29.7. The number of aliphatic carboxylic acids is 1. The standard InChI is InChI=1S/C24H25N9O8/c25-24-32-18-17(22(39)33-24)27-7-14(28-18)19(36)30-16(9-35)21(38)31-15(8-34)20(37)29-13(23(40)41)5-10-6-26-12-4-2-1-3-11(10)12/h1-4,6-7,13,15-16,26,34-35H,5,8-9H2,(H,29,37)(H,30,36)(H,31,38)(H,40,41)(H3,25,28,32,33,39)/t13-,15-,16-/m0/s1. The van der Waals surface area contributed by atoms with Crippen molar-refractivity contribution in [1.82, 2.24) is 40.9 Å². The molecule has 17 heteroatoms. The lowest BCUT2D eigenvalue weighted by Gasteiger charge is -2.22. The van der Waals surface area contributed by atoms with Gasteiger partial charge in [-0.1, -0.05) is 18.2 Å². The van der Waals surface area contributed by atoms with E-state index in [1.807, 2.05) is 0 Å². The van der Waals surface area contributed by atoms with E-state index in [9.17, 15) is 39.3 Å². The number of nitrogens with two attached hydrogens (primary N) is 1. The predicted molar refractivity (Wildman–Crippen MR) is 141 cm³/mol. The fraction of sp³-hybridized carbons (Fsp3) is 0.250. The molecule has 0 saturated heterocycles. The Hall–Kier alpha value is -5.42. The number of benzene rings is 1. The van der Waals surface area contributed by atoms with Gasteiger partial charge in [0.15, 0.2) is 11.2 Å². The van der Waals surface area contributed by atoms with E-state index in [0.717, 1.165) is 17.1 Å². The van der Waals surface area contributed by atoms with Gasteiger partial charge in [-0.15, -0.1) is 0 Å². The quantitative estimate of drug-likeness (QED) is 0.0886. The van der Waals surface area contributed by atoms with Crippen LogP contribution >= 0.6 is 0 Å². The molecule has 17 nitrogen and oxygen atoms in total. The maximum Gasteiger partial charge on any atom is 0.326 e. The van der Waals surface area contributed by atoms with Crippen molar-refractivity contribution in [2.45, 2.75) is 24.5 Å². The molecule has 3 aromatic heterocycles. The van der Waals surface area contributed by atoms with Gasteiger partial charge in [0.25, 0.3) is 11.5 Å². The molecule has 0 radical (unpaired) electrons. The summed E-state index contributed by atoms with van der Waals surface area (Å²) in [6, 6.07) is 2.56. The van der Waals surface area contributed by atoms with Gasteiger partial charge < -0.3 is 42.0 Å². The van der Waals surface area contributed by atoms with Crippen LogP contribution < -0.4 is 27.2 Å². The normalized spacial score (nSPS) is 13.3. The molecule has 4 aromatic rings. The first-order chi connectivity index (χ1) is 19.6. The lowest BCUT2D eigenvalue weighted by molar-refractivity contribution is -0.142. The zero-order valence-corrected chi connectivity index (χ0v) is 21.1. The van der Waals surface area contributed by atoms with Crippen LogP contribution in [0.25, 0.3) is 22.1 Å². The maximum atomic E-state index is 12.8. The summed E-state index contributed by atoms with van der Waals surface area (Å²) in [4.78, 5) is 78.6. The van der Waals surface area contributed by atoms with Crippen LogP contribution in [-0.4, -0.2) is 95.3 Å². The number of nitrogens with one attached hydrogen (secondary N) is 5. The summed E-state index contributed by atoms with van der Waals surface area (Å²) < 4.78 is 0. The molecule has 0 aliphatic rings. The molecule has 1 aromatic carbocycles. The first-order valence-corrected chi connectivity index (χ1v) is 12.0. The molecular formula is C24H25N9O8. The van der Waals surface area contributed by atoms with Gasteiger partial charge in [-0.05, 0) is 11.6 Å². The molecule has 214 valence electrons. The summed E-state index contributed by atoms with van der Waals surface area (Å²) in [5.41, 5.74) is 5.41. The van der Waals surface area contributed by atoms with Crippen LogP contribution in [0.3, 0.4) is 0 Å². The molecular weight excluding hydrogens is 542 g/mol. The van der Waals surface area contributed by atoms with Crippen LogP contribution in [-0.2, 0) is 20.8 Å². The monoisotopic (exact) mass is 567 g/mol. The molecule has 0 saturated carbocycles. The van der Waals surface area contributed by atoms with Crippen molar-refractivity contribution in [3.05, 3.63) is 58.3 Å². The van der Waals surface area contributed by atoms with Crippen LogP contribution in [0.1, 0.15) is 16.1 Å². The summed E-state index contributed by atoms with van der Waals surface area (Å²) in [7, 11) is 0. The van der Waals surface area contributed by atoms with Gasteiger partial charge in [0.2, 0.25) is 17.8 Å². The molecule has 0 fully saturated rings. The highest BCUT2D eigenvalue weighted by molar-refractivity contribution is 5.98. The van der Waals surface area contributed by atoms with Crippen molar-refractivity contribution in [2.75, 3.05) is 18.9 Å². The number of hydrogen-bond acceptors (Lipinski definition) is 11. The Morgan fingerprint density at radius 1 is 0.951 bits per heavy atom. The number of nitrogens with zero attached hydrogens (tertiary/aromatic N) is 3. The summed E-state index contributed by atoms with van der Waals surface area (Å²) in [5, 5.41) is 36.5. The number of hydrogen-bond donors (Lipinski definition) is 9. The zero-order valence-electron chi connectivity index (χ0n) is 21.1. The minimum absolute atomic E-state index is 0.0916. The summed E-state index contributed by atoms with van der Waals surface area (Å²) in [6.07, 6.45) is 2.47. The number of carbonyl (C=O) groups is 4. The Morgan fingerprint density at radius 2 is 1.61 bits per heavy atom. The molecule has 10 N–H and O–H groups in total. The topological polar surface area (TPSA) is 278 Å². The number of rotatable bonds is 11. The van der Waals surface area contributed by atoms with Crippen molar-refractivity contribution in [1.29, 1.82) is 0 Å². The molecule has 4 rings (SSSR count). The molecule has 0 bridgehead atoms. The Morgan fingerprint density at radius 3 is 2.29 bits per heavy atom. The van der Waals surface area contributed by atoms with Crippen LogP contribution in [0.5, 0.6) is 0 Å². The molecule has 0 spiro atoms. The first-order valence-electron chi connectivity index (χ1n) is 12.0. The Bertz CT molecular complexity index is 1680. The summed E-state index contributed by atoms with van der Waals surface area (Å²) >= 11 is 0. The van der Waals surface area contributed by atoms with Crippen LogP contribution in [0, 0.1) is 0 Å². The van der Waals surface area contributed by atoms with Crippen molar-refractivity contribution in [3.8, 4) is 0 Å². The third-order valence-electron chi connectivity index (χ3n) is 6.00. The molecule has 3 atom stereocenters. The number of carboxylic acids is 1. The van der Waals surface area contributed by atoms with Crippen molar-refractivity contribution >= 4 is 51.7 Å². The lowest BCUT2D eigenvalue weighted by atomic mass is 10.0. The Kier molecular flexibility index (Phi) is 8.49. The highest BCUT2D eigenvalue weighted by Gasteiger charge is 2.30. The van der Waals surface area contributed by atoms with E-state index in [-0.39, 0.29) is 29.2 Å². The average molecular weight is 568 g/mol. The van der Waals surface area contributed by atoms with E-state index in [0.29, 0.717) is 5.56 Å². The third kappa shape index (κ3) is 6.43. The number of fused-ring (bicyclic) bond motifs is 2. The SMILES string of the molecule is Nc1nc2nc(C(=O)N[C@@H](CO)C(=O)N[C@@H](CO)C(=O)N[C@@H](Cc3c[nH]c4ccccc34)C(=O)O)cnc2c(=O)[nH]1. The molecule has 0 aliphatic carbocycles. The van der Waals surface area contributed by atoms with Gasteiger partial charge in [0.1, 0.15) is 23.8 Å². The fourth-order valence-corrected chi connectivity index (χ4v) is 3.93. The number of para-hydroxylation sites is 1. The van der Waals surface area contributed by atoms with Crippen molar-refractivity contribution in [2.24, 2.45) is 0 Å². The summed E-state index contributed by atoms with van der Waals surface area (Å²) in [6.45, 7) is -1.83. The van der Waals surface area contributed by atoms with Gasteiger partial charge in [-0.3, -0.25) is 24.2 Å².